The lowest BCUT2D eigenvalue weighted by molar-refractivity contribution is 0.596. The number of nitrogens with zero attached hydrogens (tertiary/aromatic N) is 2. The Hall–Kier alpha value is -1.91. The summed E-state index contributed by atoms with van der Waals surface area (Å²) in [6.45, 7) is 0. The first-order valence-corrected chi connectivity index (χ1v) is 8.96. The molecule has 0 amide bonds. The molecule has 8 nitrogen and oxygen atoms in total. The predicted octanol–water partition coefficient (Wildman–Crippen LogP) is 0.00940. The molecule has 0 radical (unpaired) electrons. The lowest BCUT2D eigenvalue weighted by atomic mass is 10.2. The lowest BCUT2D eigenvalue weighted by Gasteiger charge is -2.07. The summed E-state index contributed by atoms with van der Waals surface area (Å²) in [5.41, 5.74) is 0.791. The third-order valence-electron chi connectivity index (χ3n) is 2.57. The minimum atomic E-state index is -3.72. The molecule has 21 heavy (non-hydrogen) atoms. The average molecular weight is 330 g/mol. The van der Waals surface area contributed by atoms with E-state index < -0.39 is 20.0 Å². The van der Waals surface area contributed by atoms with Crippen LogP contribution in [0, 0.1) is 0 Å². The quantitative estimate of drug-likeness (QED) is 0.799. The van der Waals surface area contributed by atoms with Gasteiger partial charge in [0.2, 0.25) is 10.0 Å². The van der Waals surface area contributed by atoms with E-state index in [4.69, 9.17) is 5.14 Å². The van der Waals surface area contributed by atoms with Crippen molar-refractivity contribution in [3.63, 3.8) is 0 Å². The number of anilines is 1. The number of nitrogens with two attached hydrogens (primary N) is 1. The van der Waals surface area contributed by atoms with Gasteiger partial charge in [-0.25, -0.2) is 22.0 Å². The Morgan fingerprint density at radius 2 is 1.81 bits per heavy atom. The Balaban J connectivity index is 2.17. The summed E-state index contributed by atoms with van der Waals surface area (Å²) in [5.74, 6) is -0.303. The summed E-state index contributed by atoms with van der Waals surface area (Å²) in [5, 5.41) is 8.73. The van der Waals surface area contributed by atoms with E-state index >= 15 is 0 Å². The van der Waals surface area contributed by atoms with E-state index in [0.29, 0.717) is 11.3 Å². The Labute approximate surface area is 122 Å². The fraction of sp³-hybridized carbons (Fsp3) is 0.182. The molecule has 0 bridgehead atoms. The van der Waals surface area contributed by atoms with Crippen LogP contribution in [0.15, 0.2) is 41.6 Å². The third-order valence-corrected chi connectivity index (χ3v) is 4.64. The zero-order valence-electron chi connectivity index (χ0n) is 11.1. The highest BCUT2D eigenvalue weighted by Gasteiger charge is 2.16. The minimum absolute atomic E-state index is 0.0404. The zero-order chi connectivity index (χ0) is 15.7. The van der Waals surface area contributed by atoms with Crippen LogP contribution >= 0.6 is 0 Å². The van der Waals surface area contributed by atoms with Gasteiger partial charge in [-0.15, -0.1) is 0 Å². The maximum atomic E-state index is 12.0. The molecule has 0 fully saturated rings. The van der Waals surface area contributed by atoms with Crippen LogP contribution in [0.25, 0.3) is 0 Å². The van der Waals surface area contributed by atoms with Crippen molar-refractivity contribution in [3.8, 4) is 0 Å². The Morgan fingerprint density at radius 1 is 1.19 bits per heavy atom. The summed E-state index contributed by atoms with van der Waals surface area (Å²) in [4.78, 5) is 0.0404. The number of aryl methyl sites for hydroxylation is 1. The van der Waals surface area contributed by atoms with Crippen molar-refractivity contribution in [1.82, 2.24) is 9.78 Å². The molecule has 0 atom stereocenters. The van der Waals surface area contributed by atoms with Crippen LogP contribution in [-0.2, 0) is 32.8 Å². The highest BCUT2D eigenvalue weighted by atomic mass is 32.2. The van der Waals surface area contributed by atoms with E-state index in [1.165, 1.54) is 41.3 Å². The smallest absolute Gasteiger partial charge is 0.265 e. The molecule has 3 N–H and O–H groups in total. The molecule has 0 saturated carbocycles. The van der Waals surface area contributed by atoms with Gasteiger partial charge in [-0.2, -0.15) is 5.10 Å². The van der Waals surface area contributed by atoms with Crippen molar-refractivity contribution in [1.29, 1.82) is 0 Å². The van der Waals surface area contributed by atoms with Crippen molar-refractivity contribution in [2.45, 2.75) is 10.6 Å². The Bertz CT molecular complexity index is 839. The number of benzene rings is 1. The number of nitrogens with one attached hydrogen (secondary N) is 1. The molecule has 10 heteroatoms. The van der Waals surface area contributed by atoms with Gasteiger partial charge in [0.05, 0.1) is 11.9 Å². The van der Waals surface area contributed by atoms with E-state index in [1.807, 2.05) is 0 Å². The SMILES string of the molecule is Cn1cc(S(=O)(=O)Nc2ccc(CS(N)(=O)=O)cc2)cn1. The molecule has 0 spiro atoms. The zero-order valence-corrected chi connectivity index (χ0v) is 12.7. The summed E-state index contributed by atoms with van der Waals surface area (Å²) >= 11 is 0. The van der Waals surface area contributed by atoms with Crippen LogP contribution in [0.4, 0.5) is 5.69 Å². The first kappa shape index (κ1) is 15.5. The topological polar surface area (TPSA) is 124 Å². The van der Waals surface area contributed by atoms with Crippen LogP contribution in [0.2, 0.25) is 0 Å². The fourth-order valence-corrected chi connectivity index (χ4v) is 3.35. The second-order valence-electron chi connectivity index (χ2n) is 4.46. The van der Waals surface area contributed by atoms with Crippen LogP contribution in [0.5, 0.6) is 0 Å². The monoisotopic (exact) mass is 330 g/mol. The molecule has 1 aromatic heterocycles. The summed E-state index contributed by atoms with van der Waals surface area (Å²) < 4.78 is 49.8. The van der Waals surface area contributed by atoms with Crippen LogP contribution in [0.3, 0.4) is 0 Å². The maximum absolute atomic E-state index is 12.0. The molecule has 0 saturated heterocycles. The van der Waals surface area contributed by atoms with Gasteiger partial charge >= 0.3 is 0 Å². The first-order chi connectivity index (χ1) is 9.66. The van der Waals surface area contributed by atoms with Crippen molar-refractivity contribution in [2.24, 2.45) is 12.2 Å². The van der Waals surface area contributed by atoms with Gasteiger partial charge < -0.3 is 0 Å². The van der Waals surface area contributed by atoms with E-state index in [2.05, 4.69) is 9.82 Å². The molecule has 0 aliphatic carbocycles. The van der Waals surface area contributed by atoms with Gasteiger partial charge in [0.15, 0.2) is 0 Å². The standard InChI is InChI=1S/C11H14N4O4S2/c1-15-7-11(6-13-15)21(18,19)14-10-4-2-9(3-5-10)8-20(12,16)17/h2-7,14H,8H2,1H3,(H2,12,16,17). The number of primary sulfonamides is 1. The lowest BCUT2D eigenvalue weighted by Crippen LogP contribution is -2.15. The molecule has 2 rings (SSSR count). The van der Waals surface area contributed by atoms with Gasteiger partial charge in [-0.3, -0.25) is 9.40 Å². The number of sulfonamides is 2. The average Bonchev–Trinajstić information content (AvgIpc) is 2.77. The van der Waals surface area contributed by atoms with Crippen molar-refractivity contribution >= 4 is 25.7 Å². The molecule has 0 aliphatic heterocycles. The molecule has 1 heterocycles. The third kappa shape index (κ3) is 4.28. The molecule has 2 aromatic rings. The van der Waals surface area contributed by atoms with Crippen LogP contribution < -0.4 is 9.86 Å². The molecular formula is C11H14N4O4S2. The number of rotatable bonds is 5. The predicted molar refractivity (Wildman–Crippen MR) is 77.3 cm³/mol. The van der Waals surface area contributed by atoms with Gasteiger partial charge in [0.25, 0.3) is 10.0 Å². The van der Waals surface area contributed by atoms with Gasteiger partial charge in [0, 0.05) is 18.9 Å². The summed E-state index contributed by atoms with van der Waals surface area (Å²) in [6.07, 6.45) is 2.61. The Kier molecular flexibility index (Phi) is 4.03. The highest BCUT2D eigenvalue weighted by molar-refractivity contribution is 7.92. The number of hydrogen-bond acceptors (Lipinski definition) is 5. The second-order valence-corrected chi connectivity index (χ2v) is 7.76. The van der Waals surface area contributed by atoms with Crippen molar-refractivity contribution in [3.05, 3.63) is 42.2 Å². The van der Waals surface area contributed by atoms with Gasteiger partial charge in [0.1, 0.15) is 4.90 Å². The molecule has 114 valence electrons. The van der Waals surface area contributed by atoms with E-state index in [0.717, 1.165) is 0 Å². The van der Waals surface area contributed by atoms with E-state index in [9.17, 15) is 16.8 Å². The second kappa shape index (κ2) is 5.47. The Morgan fingerprint density at radius 3 is 2.29 bits per heavy atom. The van der Waals surface area contributed by atoms with Gasteiger partial charge in [-0.1, -0.05) is 12.1 Å². The molecule has 0 aliphatic rings. The highest BCUT2D eigenvalue weighted by Crippen LogP contribution is 2.16. The molecular weight excluding hydrogens is 316 g/mol. The molecule has 1 aromatic carbocycles. The number of aromatic nitrogens is 2. The van der Waals surface area contributed by atoms with Crippen molar-refractivity contribution in [2.75, 3.05) is 4.72 Å². The minimum Gasteiger partial charge on any atom is -0.280 e. The summed E-state index contributed by atoms with van der Waals surface area (Å²) in [7, 11) is -5.72. The fourth-order valence-electron chi connectivity index (χ4n) is 1.65. The van der Waals surface area contributed by atoms with Gasteiger partial charge in [-0.05, 0) is 17.7 Å². The maximum Gasteiger partial charge on any atom is 0.265 e. The van der Waals surface area contributed by atoms with E-state index in [-0.39, 0.29) is 10.6 Å². The van der Waals surface area contributed by atoms with Crippen LogP contribution in [0.1, 0.15) is 5.56 Å². The first-order valence-electron chi connectivity index (χ1n) is 5.77. The normalized spacial score (nSPS) is 12.3. The van der Waals surface area contributed by atoms with E-state index in [1.54, 1.807) is 7.05 Å². The largest absolute Gasteiger partial charge is 0.280 e. The molecule has 0 unspecified atom stereocenters. The van der Waals surface area contributed by atoms with Crippen molar-refractivity contribution < 1.29 is 16.8 Å². The van der Waals surface area contributed by atoms with Crippen LogP contribution in [-0.4, -0.2) is 26.6 Å². The number of hydrogen-bond donors (Lipinski definition) is 2. The summed E-state index contributed by atoms with van der Waals surface area (Å²) in [6, 6.07) is 5.92.